The Hall–Kier alpha value is -1.94. The van der Waals surface area contributed by atoms with Gasteiger partial charge in [0.05, 0.1) is 0 Å². The van der Waals surface area contributed by atoms with Gasteiger partial charge in [-0.25, -0.2) is 9.97 Å². The van der Waals surface area contributed by atoms with Crippen LogP contribution in [0, 0.1) is 0 Å². The van der Waals surface area contributed by atoms with Crippen LogP contribution < -0.4 is 10.1 Å². The summed E-state index contributed by atoms with van der Waals surface area (Å²) in [6.07, 6.45) is 3.56. The number of aryl methyl sites for hydroxylation is 1. The highest BCUT2D eigenvalue weighted by molar-refractivity contribution is 5.31. The van der Waals surface area contributed by atoms with Gasteiger partial charge in [0, 0.05) is 18.3 Å². The topological polar surface area (TPSA) is 47.0 Å². The Morgan fingerprint density at radius 3 is 2.89 bits per heavy atom. The van der Waals surface area contributed by atoms with E-state index in [0.717, 1.165) is 30.8 Å². The molecule has 0 unspecified atom stereocenters. The van der Waals surface area contributed by atoms with Gasteiger partial charge in [0.1, 0.15) is 12.1 Å². The van der Waals surface area contributed by atoms with E-state index in [9.17, 15) is 0 Å². The van der Waals surface area contributed by atoms with Gasteiger partial charge in [-0.15, -0.1) is 0 Å². The molecular formula is C15H19N3O. The number of ether oxygens (including phenoxy) is 1. The zero-order valence-corrected chi connectivity index (χ0v) is 11.4. The highest BCUT2D eigenvalue weighted by Gasteiger charge is 2.02. The third-order valence-corrected chi connectivity index (χ3v) is 2.71. The van der Waals surface area contributed by atoms with Gasteiger partial charge in [-0.1, -0.05) is 25.5 Å². The molecule has 1 aromatic carbocycles. The average Bonchev–Trinajstić information content (AvgIpc) is 2.40. The lowest BCUT2D eigenvalue weighted by Gasteiger charge is -2.07. The van der Waals surface area contributed by atoms with Gasteiger partial charge in [-0.05, 0) is 31.2 Å². The fourth-order valence-corrected chi connectivity index (χ4v) is 1.87. The molecule has 100 valence electrons. The normalized spacial score (nSPS) is 10.4. The third kappa shape index (κ3) is 4.03. The molecule has 0 aliphatic heterocycles. The third-order valence-electron chi connectivity index (χ3n) is 2.71. The first-order chi connectivity index (χ1) is 9.31. The molecule has 2 aromatic rings. The van der Waals surface area contributed by atoms with Crippen molar-refractivity contribution < 1.29 is 4.74 Å². The van der Waals surface area contributed by atoms with Gasteiger partial charge in [-0.2, -0.15) is 0 Å². The van der Waals surface area contributed by atoms with E-state index in [1.54, 1.807) is 6.33 Å². The van der Waals surface area contributed by atoms with Crippen LogP contribution in [-0.2, 0) is 13.0 Å². The Morgan fingerprint density at radius 2 is 2.11 bits per heavy atom. The van der Waals surface area contributed by atoms with E-state index in [0.29, 0.717) is 5.88 Å². The maximum absolute atomic E-state index is 5.77. The summed E-state index contributed by atoms with van der Waals surface area (Å²) in [6.45, 7) is 2.95. The summed E-state index contributed by atoms with van der Waals surface area (Å²) < 4.78 is 5.77. The summed E-state index contributed by atoms with van der Waals surface area (Å²) in [5, 5.41) is 3.12. The molecule has 4 nitrogen and oxygen atoms in total. The number of nitrogens with zero attached hydrogens (tertiary/aromatic N) is 2. The molecule has 2 rings (SSSR count). The van der Waals surface area contributed by atoms with E-state index in [2.05, 4.69) is 28.3 Å². The van der Waals surface area contributed by atoms with Crippen molar-refractivity contribution in [1.29, 1.82) is 0 Å². The first kappa shape index (κ1) is 13.5. The lowest BCUT2D eigenvalue weighted by molar-refractivity contribution is 0.459. The van der Waals surface area contributed by atoms with Crippen molar-refractivity contribution in [3.63, 3.8) is 0 Å². The maximum atomic E-state index is 5.77. The van der Waals surface area contributed by atoms with E-state index in [1.807, 2.05) is 31.3 Å². The van der Waals surface area contributed by atoms with Crippen LogP contribution >= 0.6 is 0 Å². The fraction of sp³-hybridized carbons (Fsp3) is 0.333. The largest absolute Gasteiger partial charge is 0.439 e. The second-order valence-corrected chi connectivity index (χ2v) is 4.38. The van der Waals surface area contributed by atoms with Crippen molar-refractivity contribution >= 4 is 0 Å². The Labute approximate surface area is 113 Å². The van der Waals surface area contributed by atoms with Gasteiger partial charge in [0.2, 0.25) is 5.88 Å². The van der Waals surface area contributed by atoms with Crippen molar-refractivity contribution in [2.24, 2.45) is 0 Å². The molecule has 0 atom stereocenters. The van der Waals surface area contributed by atoms with Crippen LogP contribution in [-0.4, -0.2) is 17.0 Å². The van der Waals surface area contributed by atoms with Crippen molar-refractivity contribution in [3.8, 4) is 11.6 Å². The number of nitrogens with one attached hydrogen (secondary N) is 1. The molecule has 0 amide bonds. The first-order valence-electron chi connectivity index (χ1n) is 6.54. The second kappa shape index (κ2) is 6.85. The molecule has 0 fully saturated rings. The molecular weight excluding hydrogens is 238 g/mol. The lowest BCUT2D eigenvalue weighted by atomic mass is 10.2. The van der Waals surface area contributed by atoms with Crippen LogP contribution in [0.2, 0.25) is 0 Å². The van der Waals surface area contributed by atoms with Gasteiger partial charge in [-0.3, -0.25) is 0 Å². The molecule has 19 heavy (non-hydrogen) atoms. The number of benzene rings is 1. The quantitative estimate of drug-likeness (QED) is 0.864. The minimum Gasteiger partial charge on any atom is -0.439 e. The lowest BCUT2D eigenvalue weighted by Crippen LogP contribution is -2.04. The fourth-order valence-electron chi connectivity index (χ4n) is 1.87. The number of hydrogen-bond donors (Lipinski definition) is 1. The van der Waals surface area contributed by atoms with Crippen molar-refractivity contribution in [3.05, 3.63) is 47.9 Å². The summed E-state index contributed by atoms with van der Waals surface area (Å²) in [5.41, 5.74) is 2.20. The Balaban J connectivity index is 2.11. The standard InChI is InChI=1S/C15H19N3O/c1-3-5-13-9-15(18-11-17-13)19-14-7-4-6-12(8-14)10-16-2/h4,6-9,11,16H,3,5,10H2,1-2H3. The second-order valence-electron chi connectivity index (χ2n) is 4.38. The van der Waals surface area contributed by atoms with E-state index in [1.165, 1.54) is 5.56 Å². The smallest absolute Gasteiger partial charge is 0.222 e. The maximum Gasteiger partial charge on any atom is 0.222 e. The summed E-state index contributed by atoms with van der Waals surface area (Å²) in [7, 11) is 1.93. The molecule has 0 radical (unpaired) electrons. The van der Waals surface area contributed by atoms with Crippen LogP contribution in [0.25, 0.3) is 0 Å². The summed E-state index contributed by atoms with van der Waals surface area (Å²) >= 11 is 0. The Bertz CT molecular complexity index is 481. The van der Waals surface area contributed by atoms with Crippen molar-refractivity contribution in [2.75, 3.05) is 7.05 Å². The average molecular weight is 257 g/mol. The minimum atomic E-state index is 0.597. The van der Waals surface area contributed by atoms with E-state index in [-0.39, 0.29) is 0 Å². The SMILES string of the molecule is CCCc1cc(Oc2cccc(CNC)c2)ncn1. The van der Waals surface area contributed by atoms with Crippen LogP contribution in [0.3, 0.4) is 0 Å². The molecule has 0 saturated carbocycles. The Morgan fingerprint density at radius 1 is 1.21 bits per heavy atom. The molecule has 0 aliphatic carbocycles. The molecule has 0 bridgehead atoms. The van der Waals surface area contributed by atoms with Gasteiger partial charge >= 0.3 is 0 Å². The summed E-state index contributed by atoms with van der Waals surface area (Å²) in [6, 6.07) is 9.88. The van der Waals surface area contributed by atoms with Crippen LogP contribution in [0.4, 0.5) is 0 Å². The molecule has 4 heteroatoms. The van der Waals surface area contributed by atoms with Crippen LogP contribution in [0.5, 0.6) is 11.6 Å². The zero-order valence-electron chi connectivity index (χ0n) is 11.4. The zero-order chi connectivity index (χ0) is 13.5. The molecule has 0 spiro atoms. The van der Waals surface area contributed by atoms with E-state index < -0.39 is 0 Å². The first-order valence-corrected chi connectivity index (χ1v) is 6.54. The minimum absolute atomic E-state index is 0.597. The summed E-state index contributed by atoms with van der Waals surface area (Å²) in [5.74, 6) is 1.40. The van der Waals surface area contributed by atoms with Crippen molar-refractivity contribution in [1.82, 2.24) is 15.3 Å². The molecule has 0 aliphatic rings. The van der Waals surface area contributed by atoms with Gasteiger partial charge < -0.3 is 10.1 Å². The number of aromatic nitrogens is 2. The monoisotopic (exact) mass is 257 g/mol. The summed E-state index contributed by atoms with van der Waals surface area (Å²) in [4.78, 5) is 8.36. The van der Waals surface area contributed by atoms with Gasteiger partial charge in [0.25, 0.3) is 0 Å². The highest BCUT2D eigenvalue weighted by atomic mass is 16.5. The predicted octanol–water partition coefficient (Wildman–Crippen LogP) is 2.94. The predicted molar refractivity (Wildman–Crippen MR) is 75.3 cm³/mol. The van der Waals surface area contributed by atoms with Crippen LogP contribution in [0.15, 0.2) is 36.7 Å². The van der Waals surface area contributed by atoms with Crippen molar-refractivity contribution in [2.45, 2.75) is 26.3 Å². The van der Waals surface area contributed by atoms with E-state index in [4.69, 9.17) is 4.74 Å². The van der Waals surface area contributed by atoms with E-state index >= 15 is 0 Å². The number of hydrogen-bond acceptors (Lipinski definition) is 4. The molecule has 0 saturated heterocycles. The van der Waals surface area contributed by atoms with Gasteiger partial charge in [0.15, 0.2) is 0 Å². The molecule has 1 heterocycles. The molecule has 1 aromatic heterocycles. The number of rotatable bonds is 6. The highest BCUT2D eigenvalue weighted by Crippen LogP contribution is 2.20. The Kier molecular flexibility index (Phi) is 4.86. The molecule has 1 N–H and O–H groups in total. The van der Waals surface area contributed by atoms with Crippen LogP contribution in [0.1, 0.15) is 24.6 Å².